The van der Waals surface area contributed by atoms with E-state index in [1.165, 1.54) is 0 Å². The summed E-state index contributed by atoms with van der Waals surface area (Å²) < 4.78 is 26.1. The Balaban J connectivity index is 2.81. The fourth-order valence-corrected chi connectivity index (χ4v) is 1.45. The van der Waals surface area contributed by atoms with Gasteiger partial charge in [-0.2, -0.15) is 0 Å². The maximum absolute atomic E-state index is 13.4. The van der Waals surface area contributed by atoms with Gasteiger partial charge in [-0.05, 0) is 11.6 Å². The summed E-state index contributed by atoms with van der Waals surface area (Å²) in [6, 6.07) is 2.82. The van der Waals surface area contributed by atoms with Crippen molar-refractivity contribution in [3.05, 3.63) is 35.4 Å². The van der Waals surface area contributed by atoms with E-state index >= 15 is 0 Å². The highest BCUT2D eigenvalue weighted by molar-refractivity contribution is 5.83. The van der Waals surface area contributed by atoms with Crippen LogP contribution in [-0.4, -0.2) is 35.0 Å². The van der Waals surface area contributed by atoms with Crippen LogP contribution in [0.25, 0.3) is 0 Å². The number of terminal acetylenes is 1. The number of halogens is 2. The average molecular weight is 267 g/mol. The van der Waals surface area contributed by atoms with E-state index in [1.807, 2.05) is 0 Å². The van der Waals surface area contributed by atoms with Gasteiger partial charge in [-0.1, -0.05) is 12.0 Å². The molecule has 1 rings (SSSR count). The molecule has 0 bridgehead atoms. The topological polar surface area (TPSA) is 57.6 Å². The van der Waals surface area contributed by atoms with Crippen molar-refractivity contribution in [3.8, 4) is 12.3 Å². The summed E-state index contributed by atoms with van der Waals surface area (Å²) in [7, 11) is 0. The maximum atomic E-state index is 13.4. The first-order valence-electron chi connectivity index (χ1n) is 5.31. The Morgan fingerprint density at radius 1 is 1.37 bits per heavy atom. The van der Waals surface area contributed by atoms with Crippen LogP contribution in [0.4, 0.5) is 8.78 Å². The fourth-order valence-electron chi connectivity index (χ4n) is 1.45. The largest absolute Gasteiger partial charge is 0.480 e. The molecule has 0 unspecified atom stereocenters. The summed E-state index contributed by atoms with van der Waals surface area (Å²) in [5.74, 6) is -1.31. The molecule has 0 aliphatic rings. The Hall–Kier alpha value is -2.42. The van der Waals surface area contributed by atoms with E-state index in [0.29, 0.717) is 6.07 Å². The molecule has 1 aromatic rings. The Kier molecular flexibility index (Phi) is 5.01. The number of nitrogens with zero attached hydrogens (tertiary/aromatic N) is 1. The van der Waals surface area contributed by atoms with Gasteiger partial charge in [0.15, 0.2) is 0 Å². The molecule has 0 saturated heterocycles. The third kappa shape index (κ3) is 4.39. The van der Waals surface area contributed by atoms with Gasteiger partial charge >= 0.3 is 5.97 Å². The van der Waals surface area contributed by atoms with Crippen molar-refractivity contribution < 1.29 is 23.5 Å². The van der Waals surface area contributed by atoms with Crippen LogP contribution in [0.15, 0.2) is 18.2 Å². The minimum atomic E-state index is -1.22. The highest BCUT2D eigenvalue weighted by atomic mass is 19.1. The van der Waals surface area contributed by atoms with E-state index in [2.05, 4.69) is 5.92 Å². The van der Waals surface area contributed by atoms with Gasteiger partial charge in [0.05, 0.1) is 13.0 Å². The van der Waals surface area contributed by atoms with Crippen LogP contribution in [0, 0.1) is 24.0 Å². The Morgan fingerprint density at radius 3 is 2.58 bits per heavy atom. The molecule has 0 heterocycles. The third-order valence-electron chi connectivity index (χ3n) is 2.32. The summed E-state index contributed by atoms with van der Waals surface area (Å²) in [6.45, 7) is -0.750. The summed E-state index contributed by atoms with van der Waals surface area (Å²) in [5.41, 5.74) is -0.0150. The third-order valence-corrected chi connectivity index (χ3v) is 2.32. The monoisotopic (exact) mass is 267 g/mol. The fraction of sp³-hybridized carbons (Fsp3) is 0.231. The van der Waals surface area contributed by atoms with E-state index < -0.39 is 30.1 Å². The Morgan fingerprint density at radius 2 is 2.05 bits per heavy atom. The SMILES string of the molecule is C#CCN(CC(=O)O)C(=O)Cc1ccc(F)cc1F. The highest BCUT2D eigenvalue weighted by Gasteiger charge is 2.17. The second kappa shape index (κ2) is 6.50. The van der Waals surface area contributed by atoms with Crippen LogP contribution < -0.4 is 0 Å². The number of hydrogen-bond acceptors (Lipinski definition) is 2. The number of rotatable bonds is 5. The zero-order valence-electron chi connectivity index (χ0n) is 9.90. The number of carboxylic acids is 1. The van der Waals surface area contributed by atoms with Crippen molar-refractivity contribution >= 4 is 11.9 Å². The van der Waals surface area contributed by atoms with Gasteiger partial charge in [-0.15, -0.1) is 6.42 Å². The first kappa shape index (κ1) is 14.6. The Labute approximate surface area is 108 Å². The predicted molar refractivity (Wildman–Crippen MR) is 63.1 cm³/mol. The first-order chi connectivity index (χ1) is 8.93. The Bertz CT molecular complexity index is 537. The lowest BCUT2D eigenvalue weighted by Gasteiger charge is -2.18. The van der Waals surface area contributed by atoms with Gasteiger partial charge in [0.2, 0.25) is 5.91 Å². The molecule has 0 atom stereocenters. The van der Waals surface area contributed by atoms with E-state index in [4.69, 9.17) is 11.5 Å². The zero-order chi connectivity index (χ0) is 14.4. The van der Waals surface area contributed by atoms with Crippen LogP contribution in [-0.2, 0) is 16.0 Å². The molecular weight excluding hydrogens is 256 g/mol. The highest BCUT2D eigenvalue weighted by Crippen LogP contribution is 2.11. The molecule has 4 nitrogen and oxygen atoms in total. The minimum Gasteiger partial charge on any atom is -0.480 e. The molecule has 0 spiro atoms. The van der Waals surface area contributed by atoms with Crippen LogP contribution in [0.5, 0.6) is 0 Å². The van der Waals surface area contributed by atoms with Crippen LogP contribution in [0.1, 0.15) is 5.56 Å². The number of carbonyl (C=O) groups excluding carboxylic acids is 1. The quantitative estimate of drug-likeness (QED) is 0.811. The normalized spacial score (nSPS) is 9.74. The van der Waals surface area contributed by atoms with Gasteiger partial charge in [-0.3, -0.25) is 9.59 Å². The van der Waals surface area contributed by atoms with Gasteiger partial charge in [0.25, 0.3) is 0 Å². The smallest absolute Gasteiger partial charge is 0.323 e. The van der Waals surface area contributed by atoms with Crippen molar-refractivity contribution in [1.29, 1.82) is 0 Å². The van der Waals surface area contributed by atoms with Crippen molar-refractivity contribution in [2.24, 2.45) is 0 Å². The number of aliphatic carboxylic acids is 1. The predicted octanol–water partition coefficient (Wildman–Crippen LogP) is 1.05. The zero-order valence-corrected chi connectivity index (χ0v) is 9.90. The molecule has 0 aromatic heterocycles. The second-order valence-corrected chi connectivity index (χ2v) is 3.76. The second-order valence-electron chi connectivity index (χ2n) is 3.76. The lowest BCUT2D eigenvalue weighted by Crippen LogP contribution is -2.37. The van der Waals surface area contributed by atoms with Crippen molar-refractivity contribution in [3.63, 3.8) is 0 Å². The van der Waals surface area contributed by atoms with E-state index in [1.54, 1.807) is 0 Å². The molecule has 100 valence electrons. The molecule has 0 saturated carbocycles. The molecule has 6 heteroatoms. The van der Waals surface area contributed by atoms with Crippen molar-refractivity contribution in [1.82, 2.24) is 4.90 Å². The molecule has 19 heavy (non-hydrogen) atoms. The van der Waals surface area contributed by atoms with E-state index in [0.717, 1.165) is 17.0 Å². The molecule has 0 radical (unpaired) electrons. The number of hydrogen-bond donors (Lipinski definition) is 1. The maximum Gasteiger partial charge on any atom is 0.323 e. The lowest BCUT2D eigenvalue weighted by atomic mass is 10.1. The number of carbonyl (C=O) groups is 2. The first-order valence-corrected chi connectivity index (χ1v) is 5.31. The molecule has 0 aliphatic heterocycles. The minimum absolute atomic E-state index is 0.0150. The summed E-state index contributed by atoms with van der Waals surface area (Å²) in [4.78, 5) is 23.3. The number of amides is 1. The van der Waals surface area contributed by atoms with Crippen LogP contribution >= 0.6 is 0 Å². The molecule has 1 aromatic carbocycles. The average Bonchev–Trinajstić information content (AvgIpc) is 2.31. The summed E-state index contributed by atoms with van der Waals surface area (Å²) in [5, 5.41) is 8.63. The lowest BCUT2D eigenvalue weighted by molar-refractivity contribution is -0.143. The van der Waals surface area contributed by atoms with E-state index in [9.17, 15) is 18.4 Å². The van der Waals surface area contributed by atoms with Gasteiger partial charge < -0.3 is 10.0 Å². The van der Waals surface area contributed by atoms with Crippen LogP contribution in [0.3, 0.4) is 0 Å². The molecule has 1 N–H and O–H groups in total. The van der Waals surface area contributed by atoms with E-state index in [-0.39, 0.29) is 18.5 Å². The number of benzene rings is 1. The molecule has 0 aliphatic carbocycles. The van der Waals surface area contributed by atoms with Crippen molar-refractivity contribution in [2.75, 3.05) is 13.1 Å². The van der Waals surface area contributed by atoms with Crippen LogP contribution in [0.2, 0.25) is 0 Å². The summed E-state index contributed by atoms with van der Waals surface area (Å²) >= 11 is 0. The van der Waals surface area contributed by atoms with Gasteiger partial charge in [0, 0.05) is 6.07 Å². The molecule has 1 amide bonds. The van der Waals surface area contributed by atoms with Gasteiger partial charge in [-0.25, -0.2) is 8.78 Å². The molecular formula is C13H11F2NO3. The molecule has 0 fully saturated rings. The van der Waals surface area contributed by atoms with Crippen molar-refractivity contribution in [2.45, 2.75) is 6.42 Å². The standard InChI is InChI=1S/C13H11F2NO3/c1-2-5-16(8-13(18)19)12(17)6-9-3-4-10(14)7-11(9)15/h1,3-4,7H,5-6,8H2,(H,18,19). The summed E-state index contributed by atoms with van der Waals surface area (Å²) in [6.07, 6.45) is 4.65. The van der Waals surface area contributed by atoms with Gasteiger partial charge in [0.1, 0.15) is 18.2 Å². The number of carboxylic acid groups (broad SMARTS) is 1.